The number of ether oxygens (including phenoxy) is 1. The van der Waals surface area contributed by atoms with Crippen LogP contribution in [0.5, 0.6) is 11.5 Å². The van der Waals surface area contributed by atoms with E-state index in [9.17, 15) is 26.4 Å². The third-order valence-corrected chi connectivity index (χ3v) is 7.61. The maximum absolute atomic E-state index is 13.4. The Balaban J connectivity index is 1.84. The summed E-state index contributed by atoms with van der Waals surface area (Å²) >= 11 is 0. The van der Waals surface area contributed by atoms with Crippen LogP contribution >= 0.6 is 0 Å². The molecule has 0 aliphatic rings. The lowest BCUT2D eigenvalue weighted by Gasteiger charge is -2.27. The third-order valence-electron chi connectivity index (χ3n) is 6.38. The first-order chi connectivity index (χ1) is 18.9. The van der Waals surface area contributed by atoms with Gasteiger partial charge in [0.05, 0.1) is 12.7 Å². The summed E-state index contributed by atoms with van der Waals surface area (Å²) in [6, 6.07) is 15.2. The van der Waals surface area contributed by atoms with Gasteiger partial charge in [0.2, 0.25) is 0 Å². The van der Waals surface area contributed by atoms with Crippen molar-refractivity contribution < 1.29 is 35.3 Å². The summed E-state index contributed by atoms with van der Waals surface area (Å²) in [6.07, 6.45) is -0.390. The average Bonchev–Trinajstić information content (AvgIpc) is 2.91. The Hall–Kier alpha value is -3.53. The van der Waals surface area contributed by atoms with Crippen molar-refractivity contribution in [3.63, 3.8) is 0 Å². The zero-order valence-corrected chi connectivity index (χ0v) is 23.8. The highest BCUT2D eigenvalue weighted by molar-refractivity contribution is 7.87. The SMILES string of the molecule is CCCCCc1ccc(C(=O)N(Cc2ccc(OC)c(OS(=O)(=O)c3cccc(C(F)(F)F)c3)c2)C(C)C)cc1. The molecular weight excluding hydrogens is 543 g/mol. The number of aryl methyl sites for hydroxylation is 1. The Kier molecular flexibility index (Phi) is 10.2. The van der Waals surface area contributed by atoms with E-state index in [1.807, 2.05) is 38.1 Å². The highest BCUT2D eigenvalue weighted by Gasteiger charge is 2.32. The molecule has 0 aromatic heterocycles. The Morgan fingerprint density at radius 2 is 1.60 bits per heavy atom. The predicted molar refractivity (Wildman–Crippen MR) is 147 cm³/mol. The third kappa shape index (κ3) is 8.00. The number of nitrogens with zero attached hydrogens (tertiary/aromatic N) is 1. The van der Waals surface area contributed by atoms with Gasteiger partial charge in [-0.25, -0.2) is 0 Å². The van der Waals surface area contributed by atoms with E-state index >= 15 is 0 Å². The van der Waals surface area contributed by atoms with Crippen LogP contribution in [0.4, 0.5) is 13.2 Å². The van der Waals surface area contributed by atoms with E-state index in [1.54, 1.807) is 11.0 Å². The van der Waals surface area contributed by atoms with Gasteiger partial charge in [-0.15, -0.1) is 0 Å². The quantitative estimate of drug-likeness (QED) is 0.167. The van der Waals surface area contributed by atoms with Gasteiger partial charge >= 0.3 is 16.3 Å². The fraction of sp³-hybridized carbons (Fsp3) is 0.367. The summed E-state index contributed by atoms with van der Waals surface area (Å²) in [5, 5.41) is 0. The molecule has 0 unspecified atom stereocenters. The lowest BCUT2D eigenvalue weighted by atomic mass is 10.0. The molecule has 0 spiro atoms. The number of unbranched alkanes of at least 4 members (excludes halogenated alkanes) is 2. The smallest absolute Gasteiger partial charge is 0.416 e. The fourth-order valence-corrected chi connectivity index (χ4v) is 5.10. The largest absolute Gasteiger partial charge is 0.493 e. The summed E-state index contributed by atoms with van der Waals surface area (Å²) in [7, 11) is -3.31. The van der Waals surface area contributed by atoms with Crippen LogP contribution in [0.2, 0.25) is 0 Å². The summed E-state index contributed by atoms with van der Waals surface area (Å²) < 4.78 is 75.6. The number of alkyl halides is 3. The van der Waals surface area contributed by atoms with Crippen molar-refractivity contribution in [1.29, 1.82) is 0 Å². The van der Waals surface area contributed by atoms with Crippen molar-refractivity contribution in [2.75, 3.05) is 7.11 Å². The van der Waals surface area contributed by atoms with Gasteiger partial charge in [-0.2, -0.15) is 21.6 Å². The number of carbonyl (C=O) groups is 1. The first kappa shape index (κ1) is 31.0. The highest BCUT2D eigenvalue weighted by atomic mass is 32.2. The second-order valence-corrected chi connectivity index (χ2v) is 11.3. The molecule has 0 saturated heterocycles. The monoisotopic (exact) mass is 577 g/mol. The Morgan fingerprint density at radius 1 is 0.925 bits per heavy atom. The van der Waals surface area contributed by atoms with Crippen molar-refractivity contribution in [3.05, 3.63) is 89.0 Å². The van der Waals surface area contributed by atoms with E-state index in [0.717, 1.165) is 43.9 Å². The van der Waals surface area contributed by atoms with Crippen LogP contribution in [-0.4, -0.2) is 32.4 Å². The lowest BCUT2D eigenvalue weighted by Crippen LogP contribution is -2.36. The minimum Gasteiger partial charge on any atom is -0.493 e. The van der Waals surface area contributed by atoms with Gasteiger partial charge in [0, 0.05) is 18.2 Å². The molecule has 216 valence electrons. The number of rotatable bonds is 12. The Morgan fingerprint density at radius 3 is 2.20 bits per heavy atom. The molecule has 3 aromatic rings. The summed E-state index contributed by atoms with van der Waals surface area (Å²) in [4.78, 5) is 14.4. The van der Waals surface area contributed by atoms with Gasteiger partial charge in [0.25, 0.3) is 5.91 Å². The number of carbonyl (C=O) groups excluding carboxylic acids is 1. The first-order valence-electron chi connectivity index (χ1n) is 13.0. The molecule has 3 rings (SSSR count). The van der Waals surface area contributed by atoms with Crippen molar-refractivity contribution in [2.24, 2.45) is 0 Å². The van der Waals surface area contributed by atoms with Crippen molar-refractivity contribution in [3.8, 4) is 11.5 Å². The molecule has 0 bridgehead atoms. The van der Waals surface area contributed by atoms with E-state index in [2.05, 4.69) is 6.92 Å². The average molecular weight is 578 g/mol. The van der Waals surface area contributed by atoms with Crippen LogP contribution < -0.4 is 8.92 Å². The normalized spacial score (nSPS) is 11.9. The second-order valence-electron chi connectivity index (χ2n) is 9.73. The van der Waals surface area contributed by atoms with Gasteiger partial charge in [0.1, 0.15) is 4.90 Å². The predicted octanol–water partition coefficient (Wildman–Crippen LogP) is 7.27. The van der Waals surface area contributed by atoms with Crippen LogP contribution in [0, 0.1) is 0 Å². The molecule has 0 aliphatic carbocycles. The van der Waals surface area contributed by atoms with E-state index < -0.39 is 26.8 Å². The van der Waals surface area contributed by atoms with Crippen molar-refractivity contribution in [1.82, 2.24) is 4.90 Å². The number of hydrogen-bond donors (Lipinski definition) is 0. The molecule has 0 atom stereocenters. The molecule has 0 fully saturated rings. The number of benzene rings is 3. The van der Waals surface area contributed by atoms with E-state index in [-0.39, 0.29) is 30.0 Å². The molecule has 0 heterocycles. The molecule has 3 aromatic carbocycles. The van der Waals surface area contributed by atoms with Crippen LogP contribution in [0.25, 0.3) is 0 Å². The summed E-state index contributed by atoms with van der Waals surface area (Å²) in [5.74, 6) is -0.324. The molecule has 1 amide bonds. The lowest BCUT2D eigenvalue weighted by molar-refractivity contribution is -0.137. The number of methoxy groups -OCH3 is 1. The van der Waals surface area contributed by atoms with Gasteiger partial charge in [-0.05, 0) is 80.3 Å². The standard InChI is InChI=1S/C30H34F3NO5S/c1-5-6-7-9-22-12-15-24(16-13-22)29(35)34(21(2)3)20-23-14-17-27(38-4)28(18-23)39-40(36,37)26-11-8-10-25(19-26)30(31,32)33/h8,10-19,21H,5-7,9,20H2,1-4H3. The number of amides is 1. The van der Waals surface area contributed by atoms with Crippen LogP contribution in [0.15, 0.2) is 71.6 Å². The Bertz CT molecular complexity index is 1400. The topological polar surface area (TPSA) is 72.9 Å². The summed E-state index contributed by atoms with van der Waals surface area (Å²) in [6.45, 7) is 6.03. The Labute approximate surface area is 233 Å². The molecule has 10 heteroatoms. The minimum absolute atomic E-state index is 0.0698. The zero-order valence-electron chi connectivity index (χ0n) is 23.0. The molecule has 40 heavy (non-hydrogen) atoms. The van der Waals surface area contributed by atoms with E-state index in [1.165, 1.54) is 24.8 Å². The maximum atomic E-state index is 13.4. The highest BCUT2D eigenvalue weighted by Crippen LogP contribution is 2.34. The van der Waals surface area contributed by atoms with E-state index in [0.29, 0.717) is 17.2 Å². The van der Waals surface area contributed by atoms with E-state index in [4.69, 9.17) is 8.92 Å². The molecule has 0 N–H and O–H groups in total. The van der Waals surface area contributed by atoms with Crippen LogP contribution in [0.3, 0.4) is 0 Å². The first-order valence-corrected chi connectivity index (χ1v) is 14.4. The van der Waals surface area contributed by atoms with Gasteiger partial charge in [0.15, 0.2) is 11.5 Å². The molecule has 6 nitrogen and oxygen atoms in total. The van der Waals surface area contributed by atoms with Gasteiger partial charge in [-0.1, -0.05) is 44.0 Å². The number of halogens is 3. The van der Waals surface area contributed by atoms with Crippen LogP contribution in [0.1, 0.15) is 67.1 Å². The second kappa shape index (κ2) is 13.2. The zero-order chi connectivity index (χ0) is 29.5. The molecule has 0 aliphatic heterocycles. The molecule has 0 radical (unpaired) electrons. The van der Waals surface area contributed by atoms with Gasteiger partial charge in [-0.3, -0.25) is 4.79 Å². The van der Waals surface area contributed by atoms with Crippen molar-refractivity contribution in [2.45, 2.75) is 70.1 Å². The van der Waals surface area contributed by atoms with Crippen molar-refractivity contribution >= 4 is 16.0 Å². The minimum atomic E-state index is -4.72. The summed E-state index contributed by atoms with van der Waals surface area (Å²) in [5.41, 5.74) is 1.14. The van der Waals surface area contributed by atoms with Gasteiger partial charge < -0.3 is 13.8 Å². The molecule has 0 saturated carbocycles. The number of hydrogen-bond acceptors (Lipinski definition) is 5. The fourth-order valence-electron chi connectivity index (χ4n) is 4.12. The molecular formula is C30H34F3NO5S. The maximum Gasteiger partial charge on any atom is 0.416 e. The van der Waals surface area contributed by atoms with Crippen LogP contribution in [-0.2, 0) is 29.3 Å².